The molecule has 0 bridgehead atoms. The number of furan rings is 1. The van der Waals surface area contributed by atoms with Crippen LogP contribution in [-0.4, -0.2) is 32.7 Å². The molecule has 5 aromatic rings. The summed E-state index contributed by atoms with van der Waals surface area (Å²) in [5.41, 5.74) is 3.88. The molecule has 0 atom stereocenters. The van der Waals surface area contributed by atoms with Gasteiger partial charge in [0.2, 0.25) is 5.84 Å². The molecule has 0 unspecified atom stereocenters. The van der Waals surface area contributed by atoms with E-state index in [1.807, 2.05) is 6.07 Å². The lowest BCUT2D eigenvalue weighted by Crippen LogP contribution is -2.21. The zero-order chi connectivity index (χ0) is 27.2. The summed E-state index contributed by atoms with van der Waals surface area (Å²) in [7, 11) is 0. The number of carbonyl (C=O) groups excluding carboxylic acids is 1. The van der Waals surface area contributed by atoms with Gasteiger partial charge >= 0.3 is 0 Å². The second-order valence-corrected chi connectivity index (χ2v) is 8.20. The zero-order valence-electron chi connectivity index (χ0n) is 20.6. The van der Waals surface area contributed by atoms with Gasteiger partial charge in [-0.05, 0) is 67.6 Å². The molecule has 0 aliphatic rings. The van der Waals surface area contributed by atoms with E-state index in [9.17, 15) is 14.7 Å². The van der Waals surface area contributed by atoms with Gasteiger partial charge in [-0.2, -0.15) is 9.78 Å². The number of hydrogen-bond acceptors (Lipinski definition) is 8. The highest BCUT2D eigenvalue weighted by Gasteiger charge is 2.12. The predicted octanol–water partition coefficient (Wildman–Crippen LogP) is 4.76. The highest BCUT2D eigenvalue weighted by molar-refractivity contribution is 5.97. The maximum absolute atomic E-state index is 13.1. The molecule has 11 nitrogen and oxygen atoms in total. The Labute approximate surface area is 221 Å². The fraction of sp³-hybridized carbons (Fsp3) is 0.0357. The smallest absolute Gasteiger partial charge is 0.282 e. The van der Waals surface area contributed by atoms with E-state index in [1.165, 1.54) is 18.5 Å². The van der Waals surface area contributed by atoms with Crippen LogP contribution in [0.4, 0.5) is 5.69 Å². The van der Waals surface area contributed by atoms with Crippen molar-refractivity contribution in [1.29, 1.82) is 0 Å². The van der Waals surface area contributed by atoms with Gasteiger partial charge in [0.25, 0.3) is 11.5 Å². The van der Waals surface area contributed by atoms with Crippen molar-refractivity contribution in [2.75, 3.05) is 0 Å². The lowest BCUT2D eigenvalue weighted by Gasteiger charge is -2.06. The van der Waals surface area contributed by atoms with Crippen LogP contribution in [0.25, 0.3) is 10.9 Å². The lowest BCUT2D eigenvalue weighted by atomic mass is 10.2. The first-order valence-corrected chi connectivity index (χ1v) is 11.7. The number of nitrogens with one attached hydrogen (secondary N) is 1. The fourth-order valence-corrected chi connectivity index (χ4v) is 3.58. The quantitative estimate of drug-likeness (QED) is 0.144. The molecule has 0 radical (unpaired) electrons. The molecule has 39 heavy (non-hydrogen) atoms. The molecule has 192 valence electrons. The van der Waals surface area contributed by atoms with E-state index in [4.69, 9.17) is 4.42 Å². The van der Waals surface area contributed by atoms with Crippen LogP contribution >= 0.6 is 0 Å². The molecule has 0 aliphatic heterocycles. The molecule has 1 amide bonds. The number of para-hydroxylation sites is 2. The molecular formula is C28H21N7O4. The minimum Gasteiger partial charge on any atom is -0.507 e. The summed E-state index contributed by atoms with van der Waals surface area (Å²) >= 11 is 0. The maximum Gasteiger partial charge on any atom is 0.282 e. The van der Waals surface area contributed by atoms with E-state index >= 15 is 0 Å². The number of azo groups is 1. The summed E-state index contributed by atoms with van der Waals surface area (Å²) in [5.74, 6) is 0.346. The number of carbonyl (C=O) groups is 1. The number of phenols is 1. The molecule has 11 heteroatoms. The number of aromatic hydroxyl groups is 1. The third-order valence-electron chi connectivity index (χ3n) is 5.55. The second kappa shape index (κ2) is 11.1. The number of amides is 1. The number of hydrogen-bond donors (Lipinski definition) is 2. The van der Waals surface area contributed by atoms with E-state index in [0.717, 1.165) is 4.68 Å². The van der Waals surface area contributed by atoms with Gasteiger partial charge in [-0.25, -0.2) is 10.4 Å². The van der Waals surface area contributed by atoms with Gasteiger partial charge in [0, 0.05) is 11.1 Å². The number of benzene rings is 3. The van der Waals surface area contributed by atoms with E-state index in [1.54, 1.807) is 79.7 Å². The van der Waals surface area contributed by atoms with Crippen molar-refractivity contribution in [3.8, 4) is 5.75 Å². The SMILES string of the molecule is Cc1nc2ccccc2c(=O)n1/N=C(/N=Nc1ccc(C(=O)N/N=C/c2ccccc2O)cc1)c1ccco1. The third kappa shape index (κ3) is 5.67. The molecule has 3 aromatic carbocycles. The van der Waals surface area contributed by atoms with Crippen molar-refractivity contribution in [3.05, 3.63) is 124 Å². The Morgan fingerprint density at radius 1 is 1.00 bits per heavy atom. The van der Waals surface area contributed by atoms with Crippen molar-refractivity contribution in [3.63, 3.8) is 0 Å². The van der Waals surface area contributed by atoms with E-state index in [2.05, 4.69) is 30.8 Å². The molecule has 2 N–H and O–H groups in total. The summed E-state index contributed by atoms with van der Waals surface area (Å²) in [6.07, 6.45) is 2.81. The fourth-order valence-electron chi connectivity index (χ4n) is 3.58. The molecule has 2 aromatic heterocycles. The van der Waals surface area contributed by atoms with Crippen molar-refractivity contribution < 1.29 is 14.3 Å². The highest BCUT2D eigenvalue weighted by atomic mass is 16.3. The summed E-state index contributed by atoms with van der Waals surface area (Å²) in [5, 5.41) is 26.9. The van der Waals surface area contributed by atoms with Gasteiger partial charge in [0.05, 0.1) is 29.1 Å². The monoisotopic (exact) mass is 519 g/mol. The Morgan fingerprint density at radius 3 is 2.54 bits per heavy atom. The van der Waals surface area contributed by atoms with E-state index in [0.29, 0.717) is 39.3 Å². The molecule has 0 fully saturated rings. The van der Waals surface area contributed by atoms with E-state index < -0.39 is 5.91 Å². The minimum absolute atomic E-state index is 0.0552. The molecule has 2 heterocycles. The second-order valence-electron chi connectivity index (χ2n) is 8.20. The first-order chi connectivity index (χ1) is 19.0. The van der Waals surface area contributed by atoms with Crippen molar-refractivity contribution >= 4 is 34.5 Å². The lowest BCUT2D eigenvalue weighted by molar-refractivity contribution is 0.0955. The molecular weight excluding hydrogens is 498 g/mol. The van der Waals surface area contributed by atoms with Crippen LogP contribution in [-0.2, 0) is 0 Å². The Hall–Kier alpha value is -5.71. The van der Waals surface area contributed by atoms with Gasteiger partial charge < -0.3 is 9.52 Å². The largest absolute Gasteiger partial charge is 0.507 e. The number of fused-ring (bicyclic) bond motifs is 1. The van der Waals surface area contributed by atoms with Crippen molar-refractivity contribution in [1.82, 2.24) is 15.1 Å². The molecule has 0 saturated heterocycles. The average Bonchev–Trinajstić information content (AvgIpc) is 3.49. The van der Waals surface area contributed by atoms with Gasteiger partial charge in [-0.3, -0.25) is 9.59 Å². The Balaban J connectivity index is 1.36. The first-order valence-electron chi connectivity index (χ1n) is 11.7. The van der Waals surface area contributed by atoms with Crippen LogP contribution in [0.5, 0.6) is 5.75 Å². The minimum atomic E-state index is -0.443. The van der Waals surface area contributed by atoms with Gasteiger partial charge in [0.1, 0.15) is 11.6 Å². The van der Waals surface area contributed by atoms with Crippen molar-refractivity contribution in [2.24, 2.45) is 20.4 Å². The summed E-state index contributed by atoms with van der Waals surface area (Å²) in [4.78, 5) is 29.9. The van der Waals surface area contributed by atoms with Crippen LogP contribution in [0.3, 0.4) is 0 Å². The number of rotatable bonds is 6. The third-order valence-corrected chi connectivity index (χ3v) is 5.55. The topological polar surface area (TPSA) is 147 Å². The normalized spacial score (nSPS) is 12.0. The van der Waals surface area contributed by atoms with Crippen LogP contribution in [0.15, 0.2) is 121 Å². The summed E-state index contributed by atoms with van der Waals surface area (Å²) < 4.78 is 6.60. The number of hydrazone groups is 1. The average molecular weight is 520 g/mol. The van der Waals surface area contributed by atoms with Crippen LogP contribution in [0, 0.1) is 6.92 Å². The molecule has 0 saturated carbocycles. The number of amidine groups is 1. The maximum atomic E-state index is 13.1. The van der Waals surface area contributed by atoms with Crippen LogP contribution < -0.4 is 11.0 Å². The molecule has 5 rings (SSSR count). The zero-order valence-corrected chi connectivity index (χ0v) is 20.6. The van der Waals surface area contributed by atoms with Crippen LogP contribution in [0.2, 0.25) is 0 Å². The van der Waals surface area contributed by atoms with Crippen molar-refractivity contribution in [2.45, 2.75) is 6.92 Å². The standard InChI is InChI=1S/C28H21N7O4/c1-18-30-23-9-4-3-8-22(23)28(38)35(18)34-26(25-11-6-16-39-25)32-31-21-14-12-19(13-15-21)27(37)33-29-17-20-7-2-5-10-24(20)36/h2-17,36H,1H3,(H,33,37)/b29-17+,32-31?,34-26+. The molecule has 0 aliphatic carbocycles. The number of nitrogens with zero attached hydrogens (tertiary/aromatic N) is 6. The van der Waals surface area contributed by atoms with E-state index in [-0.39, 0.29) is 17.1 Å². The first kappa shape index (κ1) is 25.0. The Morgan fingerprint density at radius 2 is 1.77 bits per heavy atom. The summed E-state index contributed by atoms with van der Waals surface area (Å²) in [6.45, 7) is 1.67. The number of phenolic OH excluding ortho intramolecular Hbond substituents is 1. The Kier molecular flexibility index (Phi) is 7.13. The molecule has 0 spiro atoms. The Bertz CT molecular complexity index is 1790. The van der Waals surface area contributed by atoms with Gasteiger partial charge in [-0.15, -0.1) is 15.3 Å². The number of aromatic nitrogens is 2. The number of aryl methyl sites for hydroxylation is 1. The van der Waals surface area contributed by atoms with Gasteiger partial charge in [0.15, 0.2) is 5.76 Å². The summed E-state index contributed by atoms with van der Waals surface area (Å²) in [6, 6.07) is 23.3. The highest BCUT2D eigenvalue weighted by Crippen LogP contribution is 2.16. The van der Waals surface area contributed by atoms with Crippen LogP contribution in [0.1, 0.15) is 27.5 Å². The predicted molar refractivity (Wildman–Crippen MR) is 146 cm³/mol. The van der Waals surface area contributed by atoms with Gasteiger partial charge in [-0.1, -0.05) is 24.3 Å².